The van der Waals surface area contributed by atoms with Gasteiger partial charge in [0.25, 0.3) is 0 Å². The molecule has 2 rings (SSSR count). The predicted octanol–water partition coefficient (Wildman–Crippen LogP) is 1.28. The van der Waals surface area contributed by atoms with Crippen LogP contribution in [0.4, 0.5) is 0 Å². The van der Waals surface area contributed by atoms with Crippen LogP contribution < -0.4 is 0 Å². The van der Waals surface area contributed by atoms with Crippen molar-refractivity contribution < 1.29 is 9.47 Å². The molecule has 4 nitrogen and oxygen atoms in total. The lowest BCUT2D eigenvalue weighted by Gasteiger charge is -2.05. The molecule has 0 aliphatic carbocycles. The largest absolute Gasteiger partial charge is 0.343 e. The summed E-state index contributed by atoms with van der Waals surface area (Å²) in [5.74, 6) is 0.579. The molecule has 0 amide bonds. The summed E-state index contributed by atoms with van der Waals surface area (Å²) >= 11 is 3.25. The van der Waals surface area contributed by atoms with Crippen LogP contribution in [-0.2, 0) is 9.47 Å². The standard InChI is InChI=1S/C7H7BrN2O2/c8-5-3-9-6(10-4-5)7-11-1-2-12-7/h3-4,7H,1-2H2. The van der Waals surface area contributed by atoms with E-state index >= 15 is 0 Å². The molecule has 5 heteroatoms. The number of hydrogen-bond donors (Lipinski definition) is 0. The van der Waals surface area contributed by atoms with Gasteiger partial charge in [-0.25, -0.2) is 9.97 Å². The van der Waals surface area contributed by atoms with Crippen LogP contribution in [0, 0.1) is 0 Å². The fourth-order valence-corrected chi connectivity index (χ4v) is 1.16. The van der Waals surface area contributed by atoms with E-state index in [1.54, 1.807) is 12.4 Å². The third-order valence-corrected chi connectivity index (χ3v) is 1.88. The van der Waals surface area contributed by atoms with Gasteiger partial charge in [-0.15, -0.1) is 0 Å². The van der Waals surface area contributed by atoms with Crippen LogP contribution >= 0.6 is 15.9 Å². The molecule has 1 aliphatic rings. The summed E-state index contributed by atoms with van der Waals surface area (Å²) in [5, 5.41) is 0. The summed E-state index contributed by atoms with van der Waals surface area (Å²) in [4.78, 5) is 8.10. The average molecular weight is 231 g/mol. The third kappa shape index (κ3) is 1.63. The van der Waals surface area contributed by atoms with Gasteiger partial charge >= 0.3 is 0 Å². The van der Waals surface area contributed by atoms with Crippen molar-refractivity contribution in [3.05, 3.63) is 22.7 Å². The van der Waals surface area contributed by atoms with Crippen LogP contribution in [0.3, 0.4) is 0 Å². The second-order valence-corrected chi connectivity index (χ2v) is 3.25. The number of rotatable bonds is 1. The summed E-state index contributed by atoms with van der Waals surface area (Å²) in [7, 11) is 0. The third-order valence-electron chi connectivity index (χ3n) is 1.47. The van der Waals surface area contributed by atoms with Gasteiger partial charge in [0.05, 0.1) is 17.7 Å². The quantitative estimate of drug-likeness (QED) is 0.730. The van der Waals surface area contributed by atoms with E-state index in [4.69, 9.17) is 9.47 Å². The minimum absolute atomic E-state index is 0.377. The lowest BCUT2D eigenvalue weighted by molar-refractivity contribution is -0.0507. The highest BCUT2D eigenvalue weighted by molar-refractivity contribution is 9.10. The molecule has 0 radical (unpaired) electrons. The van der Waals surface area contributed by atoms with Gasteiger partial charge in [0.2, 0.25) is 6.29 Å². The summed E-state index contributed by atoms with van der Waals surface area (Å²) in [6.45, 7) is 1.23. The van der Waals surface area contributed by atoms with Crippen LogP contribution in [0.5, 0.6) is 0 Å². The highest BCUT2D eigenvalue weighted by atomic mass is 79.9. The molecule has 1 aliphatic heterocycles. The topological polar surface area (TPSA) is 44.2 Å². The molecule has 1 aromatic heterocycles. The number of aromatic nitrogens is 2. The number of hydrogen-bond acceptors (Lipinski definition) is 4. The Hall–Kier alpha value is -0.520. The van der Waals surface area contributed by atoms with Crippen molar-refractivity contribution in [3.63, 3.8) is 0 Å². The van der Waals surface area contributed by atoms with E-state index < -0.39 is 0 Å². The Balaban J connectivity index is 2.17. The summed E-state index contributed by atoms with van der Waals surface area (Å²) in [5.41, 5.74) is 0. The molecule has 0 aromatic carbocycles. The minimum Gasteiger partial charge on any atom is -0.343 e. The first-order valence-corrected chi connectivity index (χ1v) is 4.36. The van der Waals surface area contributed by atoms with Crippen molar-refractivity contribution >= 4 is 15.9 Å². The minimum atomic E-state index is -0.377. The van der Waals surface area contributed by atoms with Crippen molar-refractivity contribution in [2.45, 2.75) is 6.29 Å². The Labute approximate surface area is 78.1 Å². The normalized spacial score (nSPS) is 18.4. The van der Waals surface area contributed by atoms with E-state index in [0.717, 1.165) is 4.47 Å². The van der Waals surface area contributed by atoms with Crippen LogP contribution in [0.25, 0.3) is 0 Å². The fourth-order valence-electron chi connectivity index (χ4n) is 0.951. The van der Waals surface area contributed by atoms with Gasteiger partial charge in [-0.1, -0.05) is 0 Å². The Morgan fingerprint density at radius 1 is 1.25 bits per heavy atom. The first-order chi connectivity index (χ1) is 5.86. The Morgan fingerprint density at radius 2 is 1.83 bits per heavy atom. The lowest BCUT2D eigenvalue weighted by Crippen LogP contribution is -2.03. The summed E-state index contributed by atoms with van der Waals surface area (Å²) in [6, 6.07) is 0. The van der Waals surface area contributed by atoms with Crippen LogP contribution in [0.2, 0.25) is 0 Å². The fraction of sp³-hybridized carbons (Fsp3) is 0.429. The van der Waals surface area contributed by atoms with Gasteiger partial charge in [0.15, 0.2) is 5.82 Å². The number of nitrogens with zero attached hydrogens (tertiary/aromatic N) is 2. The predicted molar refractivity (Wildman–Crippen MR) is 44.4 cm³/mol. The first-order valence-electron chi connectivity index (χ1n) is 3.57. The Kier molecular flexibility index (Phi) is 2.34. The zero-order chi connectivity index (χ0) is 8.39. The van der Waals surface area contributed by atoms with E-state index in [1.165, 1.54) is 0 Å². The highest BCUT2D eigenvalue weighted by Crippen LogP contribution is 2.19. The molecule has 0 spiro atoms. The summed E-state index contributed by atoms with van der Waals surface area (Å²) < 4.78 is 11.3. The van der Waals surface area contributed by atoms with Crippen molar-refractivity contribution in [2.75, 3.05) is 13.2 Å². The smallest absolute Gasteiger partial charge is 0.219 e. The van der Waals surface area contributed by atoms with Gasteiger partial charge in [-0.3, -0.25) is 0 Å². The molecule has 1 fully saturated rings. The molecule has 0 bridgehead atoms. The van der Waals surface area contributed by atoms with Gasteiger partial charge in [-0.05, 0) is 15.9 Å². The van der Waals surface area contributed by atoms with Gasteiger partial charge in [0.1, 0.15) is 0 Å². The highest BCUT2D eigenvalue weighted by Gasteiger charge is 2.20. The maximum absolute atomic E-state index is 5.22. The monoisotopic (exact) mass is 230 g/mol. The van der Waals surface area contributed by atoms with E-state index in [0.29, 0.717) is 19.0 Å². The van der Waals surface area contributed by atoms with Crippen LogP contribution in [-0.4, -0.2) is 23.2 Å². The number of halogens is 1. The molecule has 0 saturated carbocycles. The SMILES string of the molecule is Brc1cnc(C2OCCO2)nc1. The van der Waals surface area contributed by atoms with Gasteiger partial charge in [-0.2, -0.15) is 0 Å². The Bertz CT molecular complexity index is 259. The Morgan fingerprint density at radius 3 is 2.42 bits per heavy atom. The van der Waals surface area contributed by atoms with E-state index in [9.17, 15) is 0 Å². The van der Waals surface area contributed by atoms with Crippen LogP contribution in [0.15, 0.2) is 16.9 Å². The molecular weight excluding hydrogens is 224 g/mol. The zero-order valence-corrected chi connectivity index (χ0v) is 7.82. The second-order valence-electron chi connectivity index (χ2n) is 2.33. The first kappa shape index (κ1) is 8.10. The van der Waals surface area contributed by atoms with E-state index in [1.807, 2.05) is 0 Å². The maximum Gasteiger partial charge on any atom is 0.219 e. The van der Waals surface area contributed by atoms with E-state index in [2.05, 4.69) is 25.9 Å². The molecule has 1 aromatic rings. The van der Waals surface area contributed by atoms with Crippen molar-refractivity contribution in [3.8, 4) is 0 Å². The molecular formula is C7H7BrN2O2. The van der Waals surface area contributed by atoms with Crippen molar-refractivity contribution in [1.82, 2.24) is 9.97 Å². The number of ether oxygens (including phenoxy) is 2. The lowest BCUT2D eigenvalue weighted by atomic mass is 10.5. The second kappa shape index (κ2) is 3.47. The maximum atomic E-state index is 5.22. The molecule has 0 unspecified atom stereocenters. The van der Waals surface area contributed by atoms with Gasteiger partial charge in [0, 0.05) is 12.4 Å². The molecule has 64 valence electrons. The van der Waals surface area contributed by atoms with Crippen LogP contribution in [0.1, 0.15) is 12.1 Å². The molecule has 0 N–H and O–H groups in total. The summed E-state index contributed by atoms with van der Waals surface area (Å²) in [6.07, 6.45) is 2.97. The van der Waals surface area contributed by atoms with Crippen molar-refractivity contribution in [2.24, 2.45) is 0 Å². The van der Waals surface area contributed by atoms with Gasteiger partial charge < -0.3 is 9.47 Å². The van der Waals surface area contributed by atoms with Crippen molar-refractivity contribution in [1.29, 1.82) is 0 Å². The molecule has 2 heterocycles. The van der Waals surface area contributed by atoms with E-state index in [-0.39, 0.29) is 6.29 Å². The zero-order valence-electron chi connectivity index (χ0n) is 6.24. The molecule has 0 atom stereocenters. The average Bonchev–Trinajstić information content (AvgIpc) is 2.58. The molecule has 1 saturated heterocycles. The molecule has 12 heavy (non-hydrogen) atoms.